The van der Waals surface area contributed by atoms with Crippen molar-refractivity contribution in [2.45, 2.75) is 38.1 Å². The first-order valence-corrected chi connectivity index (χ1v) is 14.3. The van der Waals surface area contributed by atoms with Crippen molar-refractivity contribution in [3.05, 3.63) is 82.2 Å². The van der Waals surface area contributed by atoms with E-state index in [0.29, 0.717) is 23.7 Å². The molecule has 12 nitrogen and oxygen atoms in total. The lowest BCUT2D eigenvalue weighted by molar-refractivity contribution is -0.139. The third-order valence-corrected chi connectivity index (χ3v) is 7.64. The van der Waals surface area contributed by atoms with Gasteiger partial charge in [-0.3, -0.25) is 9.59 Å². The van der Waals surface area contributed by atoms with Gasteiger partial charge in [-0.2, -0.15) is 0 Å². The van der Waals surface area contributed by atoms with Crippen LogP contribution >= 0.6 is 11.3 Å². The molecule has 42 heavy (non-hydrogen) atoms. The summed E-state index contributed by atoms with van der Waals surface area (Å²) in [5.41, 5.74) is 1.60. The van der Waals surface area contributed by atoms with Crippen LogP contribution in [0.15, 0.2) is 66.2 Å². The number of carboxylic acids is 1. The highest BCUT2D eigenvalue weighted by atomic mass is 32.1. The predicted octanol–water partition coefficient (Wildman–Crippen LogP) is 2.66. The second-order valence-corrected chi connectivity index (χ2v) is 10.6. The zero-order chi connectivity index (χ0) is 29.9. The maximum absolute atomic E-state index is 13.0. The van der Waals surface area contributed by atoms with E-state index in [1.165, 1.54) is 11.3 Å². The number of ether oxygens (including phenoxy) is 2. The van der Waals surface area contributed by atoms with E-state index in [4.69, 9.17) is 9.47 Å². The first-order chi connectivity index (χ1) is 20.3. The normalized spacial score (nSPS) is 16.8. The molecule has 0 aliphatic carbocycles. The number of carboxylic acid groups (broad SMARTS) is 1. The molecule has 4 N–H and O–H groups in total. The number of nitrogens with zero attached hydrogens (tertiary/aromatic N) is 2. The van der Waals surface area contributed by atoms with Gasteiger partial charge < -0.3 is 35.4 Å². The number of nitrogens with one attached hydrogen (secondary N) is 3. The van der Waals surface area contributed by atoms with Crippen molar-refractivity contribution in [2.75, 3.05) is 31.6 Å². The van der Waals surface area contributed by atoms with Crippen LogP contribution < -0.4 is 16.0 Å². The molecule has 1 fully saturated rings. The Bertz CT molecular complexity index is 1350. The van der Waals surface area contributed by atoms with Crippen LogP contribution in [0.5, 0.6) is 0 Å². The van der Waals surface area contributed by atoms with Gasteiger partial charge in [0.2, 0.25) is 5.91 Å². The molecular formula is C29H33N5O7S. The number of anilines is 1. The van der Waals surface area contributed by atoms with Gasteiger partial charge in [0, 0.05) is 19.3 Å². The standard InChI is InChI=1S/C29H33N5O7S/c1-19-10-12-42-26(19)27(36)33-23(28(37)38)15-32-25(35)18-40-22-13-21(14-31-24-9-5-6-11-30-24)34(16-22)29(39)41-17-20-7-3-2-4-8-20/h2-12,21-23H,13-18H2,1H3,(H,30,31)(H,32,35)(H,33,36)(H,37,38)/t21-,22+,23-/m0/s1. The van der Waals surface area contributed by atoms with Crippen LogP contribution in [0.2, 0.25) is 0 Å². The minimum atomic E-state index is -1.31. The van der Waals surface area contributed by atoms with Gasteiger partial charge in [-0.05, 0) is 48.1 Å². The summed E-state index contributed by atoms with van der Waals surface area (Å²) < 4.78 is 11.3. The summed E-state index contributed by atoms with van der Waals surface area (Å²) in [4.78, 5) is 55.8. The summed E-state index contributed by atoms with van der Waals surface area (Å²) in [6.45, 7) is 1.83. The Morgan fingerprint density at radius 3 is 2.60 bits per heavy atom. The fourth-order valence-electron chi connectivity index (χ4n) is 4.39. The highest BCUT2D eigenvalue weighted by Crippen LogP contribution is 2.22. The SMILES string of the molecule is Cc1ccsc1C(=O)N[C@@H](CNC(=O)CO[C@@H]1C[C@@H](CNc2ccccn2)N(C(=O)OCc2ccccc2)C1)C(=O)O. The van der Waals surface area contributed by atoms with E-state index in [1.54, 1.807) is 35.5 Å². The van der Waals surface area contributed by atoms with Gasteiger partial charge in [-0.25, -0.2) is 14.6 Å². The van der Waals surface area contributed by atoms with Crippen LogP contribution in [-0.4, -0.2) is 83.3 Å². The third-order valence-electron chi connectivity index (χ3n) is 6.62. The van der Waals surface area contributed by atoms with E-state index in [1.807, 2.05) is 42.5 Å². The van der Waals surface area contributed by atoms with Crippen molar-refractivity contribution < 1.29 is 33.8 Å². The first kappa shape index (κ1) is 30.5. The number of aromatic nitrogens is 1. The molecule has 3 aromatic rings. The number of hydrogen-bond donors (Lipinski definition) is 4. The molecule has 1 aliphatic heterocycles. The van der Waals surface area contributed by atoms with Crippen LogP contribution in [0, 0.1) is 6.92 Å². The molecule has 3 atom stereocenters. The number of amides is 3. The summed E-state index contributed by atoms with van der Waals surface area (Å²) in [7, 11) is 0. The van der Waals surface area contributed by atoms with Crippen LogP contribution in [0.25, 0.3) is 0 Å². The quantitative estimate of drug-likeness (QED) is 0.233. The van der Waals surface area contributed by atoms with Crippen LogP contribution in [0.1, 0.15) is 27.2 Å². The van der Waals surface area contributed by atoms with Gasteiger partial charge in [0.25, 0.3) is 5.91 Å². The fraction of sp³-hybridized carbons (Fsp3) is 0.345. The highest BCUT2D eigenvalue weighted by molar-refractivity contribution is 7.12. The Balaban J connectivity index is 1.28. The maximum Gasteiger partial charge on any atom is 0.410 e. The number of hydrogen-bond acceptors (Lipinski definition) is 9. The van der Waals surface area contributed by atoms with E-state index in [9.17, 15) is 24.3 Å². The summed E-state index contributed by atoms with van der Waals surface area (Å²) in [5, 5.41) is 19.4. The Labute approximate surface area is 247 Å². The number of likely N-dealkylation sites (tertiary alicyclic amines) is 1. The lowest BCUT2D eigenvalue weighted by atomic mass is 10.2. The molecule has 0 spiro atoms. The van der Waals surface area contributed by atoms with Gasteiger partial charge in [0.1, 0.15) is 25.1 Å². The van der Waals surface area contributed by atoms with Gasteiger partial charge in [-0.1, -0.05) is 36.4 Å². The van der Waals surface area contributed by atoms with Gasteiger partial charge in [0.05, 0.1) is 23.6 Å². The van der Waals surface area contributed by atoms with Gasteiger partial charge >= 0.3 is 12.1 Å². The van der Waals surface area contributed by atoms with Crippen molar-refractivity contribution in [1.29, 1.82) is 0 Å². The molecule has 222 valence electrons. The predicted molar refractivity (Wildman–Crippen MR) is 155 cm³/mol. The van der Waals surface area contributed by atoms with Crippen molar-refractivity contribution >= 4 is 41.0 Å². The number of benzene rings is 1. The molecule has 0 radical (unpaired) electrons. The molecule has 0 saturated carbocycles. The zero-order valence-corrected chi connectivity index (χ0v) is 23.8. The molecule has 13 heteroatoms. The van der Waals surface area contributed by atoms with Crippen molar-refractivity contribution in [3.8, 4) is 0 Å². The van der Waals surface area contributed by atoms with Crippen molar-refractivity contribution in [1.82, 2.24) is 20.5 Å². The Kier molecular flexibility index (Phi) is 10.8. The largest absolute Gasteiger partial charge is 0.480 e. The minimum absolute atomic E-state index is 0.123. The number of carbonyl (C=O) groups is 4. The lowest BCUT2D eigenvalue weighted by Crippen LogP contribution is -2.49. The molecule has 0 unspecified atom stereocenters. The van der Waals surface area contributed by atoms with Crippen molar-refractivity contribution in [2.24, 2.45) is 0 Å². The number of aryl methyl sites for hydroxylation is 1. The molecule has 3 heterocycles. The third kappa shape index (κ3) is 8.75. The molecular weight excluding hydrogens is 562 g/mol. The molecule has 2 aromatic heterocycles. The van der Waals surface area contributed by atoms with Crippen molar-refractivity contribution in [3.63, 3.8) is 0 Å². The highest BCUT2D eigenvalue weighted by Gasteiger charge is 2.37. The molecule has 4 rings (SSSR count). The second kappa shape index (κ2) is 14.9. The summed E-state index contributed by atoms with van der Waals surface area (Å²) in [5.74, 6) is -1.68. The molecule has 3 amide bonds. The van der Waals surface area contributed by atoms with E-state index in [0.717, 1.165) is 11.1 Å². The average Bonchev–Trinajstić information content (AvgIpc) is 3.62. The Morgan fingerprint density at radius 2 is 1.90 bits per heavy atom. The van der Waals surface area contributed by atoms with E-state index in [-0.39, 0.29) is 32.3 Å². The zero-order valence-electron chi connectivity index (χ0n) is 23.0. The number of carbonyl (C=O) groups excluding carboxylic acids is 3. The average molecular weight is 596 g/mol. The summed E-state index contributed by atoms with van der Waals surface area (Å²) >= 11 is 1.21. The van der Waals surface area contributed by atoms with Gasteiger partial charge in [0.15, 0.2) is 0 Å². The number of pyridine rings is 1. The molecule has 1 aromatic carbocycles. The van der Waals surface area contributed by atoms with E-state index >= 15 is 0 Å². The first-order valence-electron chi connectivity index (χ1n) is 13.4. The molecule has 0 bridgehead atoms. The van der Waals surface area contributed by atoms with Gasteiger partial charge in [-0.15, -0.1) is 11.3 Å². The van der Waals surface area contributed by atoms with Crippen LogP contribution in [0.3, 0.4) is 0 Å². The summed E-state index contributed by atoms with van der Waals surface area (Å²) in [6.07, 6.45) is 1.16. The number of rotatable bonds is 13. The Morgan fingerprint density at radius 1 is 1.12 bits per heavy atom. The molecule has 1 saturated heterocycles. The number of aliphatic carboxylic acids is 1. The smallest absolute Gasteiger partial charge is 0.410 e. The van der Waals surface area contributed by atoms with Crippen LogP contribution in [-0.2, 0) is 25.7 Å². The topological polar surface area (TPSA) is 159 Å². The van der Waals surface area contributed by atoms with E-state index < -0.39 is 36.0 Å². The minimum Gasteiger partial charge on any atom is -0.480 e. The monoisotopic (exact) mass is 595 g/mol. The Hall–Kier alpha value is -4.49. The fourth-order valence-corrected chi connectivity index (χ4v) is 5.22. The second-order valence-electron chi connectivity index (χ2n) is 9.71. The summed E-state index contributed by atoms with van der Waals surface area (Å²) in [6, 6.07) is 15.0. The van der Waals surface area contributed by atoms with Crippen LogP contribution in [0.4, 0.5) is 10.6 Å². The molecule has 1 aliphatic rings. The number of thiophene rings is 1. The lowest BCUT2D eigenvalue weighted by Gasteiger charge is -2.24. The maximum atomic E-state index is 13.0. The van der Waals surface area contributed by atoms with E-state index in [2.05, 4.69) is 20.9 Å².